The first-order chi connectivity index (χ1) is 12.8. The van der Waals surface area contributed by atoms with Gasteiger partial charge in [0, 0.05) is 25.0 Å². The fraction of sp³-hybridized carbons (Fsp3) is 0.0833. The van der Waals surface area contributed by atoms with E-state index in [2.05, 4.69) is 73.0 Å². The van der Waals surface area contributed by atoms with Gasteiger partial charge in [-0.3, -0.25) is 0 Å². The van der Waals surface area contributed by atoms with E-state index in [1.165, 1.54) is 57.4 Å². The number of hydrogen-bond acceptors (Lipinski definition) is 2. The Labute approximate surface area is 159 Å². The Morgan fingerprint density at radius 2 is 1.19 bits per heavy atom. The highest BCUT2D eigenvalue weighted by atomic mass is 32.1. The van der Waals surface area contributed by atoms with Crippen molar-refractivity contribution in [2.45, 2.75) is 13.3 Å². The van der Waals surface area contributed by atoms with Crippen LogP contribution in [0, 0.1) is 0 Å². The lowest BCUT2D eigenvalue weighted by molar-refractivity contribution is 1.19. The van der Waals surface area contributed by atoms with Gasteiger partial charge < -0.3 is 0 Å². The molecule has 0 saturated carbocycles. The van der Waals surface area contributed by atoms with E-state index in [0.29, 0.717) is 0 Å². The first kappa shape index (κ1) is 14.7. The van der Waals surface area contributed by atoms with Gasteiger partial charge in [-0.25, -0.2) is 0 Å². The van der Waals surface area contributed by atoms with Gasteiger partial charge in [0.1, 0.15) is 0 Å². The molecule has 0 aliphatic heterocycles. The zero-order valence-electron chi connectivity index (χ0n) is 14.4. The average Bonchev–Trinajstić information content (AvgIpc) is 3.33. The minimum Gasteiger partial charge on any atom is -0.143 e. The molecule has 0 N–H and O–H groups in total. The highest BCUT2D eigenvalue weighted by Crippen LogP contribution is 2.39. The van der Waals surface area contributed by atoms with Crippen molar-refractivity contribution in [1.82, 2.24) is 0 Å². The summed E-state index contributed by atoms with van der Waals surface area (Å²) < 4.78 is 2.82. The van der Waals surface area contributed by atoms with Crippen molar-refractivity contribution < 1.29 is 0 Å². The summed E-state index contributed by atoms with van der Waals surface area (Å²) >= 11 is 3.78. The van der Waals surface area contributed by atoms with Crippen LogP contribution in [0.4, 0.5) is 0 Å². The van der Waals surface area contributed by atoms with Gasteiger partial charge >= 0.3 is 0 Å². The molecule has 6 aromatic rings. The molecule has 0 fully saturated rings. The Hall–Kier alpha value is -2.42. The largest absolute Gasteiger partial charge is 0.143 e. The molecule has 0 saturated heterocycles. The lowest BCUT2D eigenvalue weighted by Crippen LogP contribution is -1.81. The lowest BCUT2D eigenvalue weighted by Gasteiger charge is -2.09. The summed E-state index contributed by atoms with van der Waals surface area (Å²) in [4.78, 5) is 1.46. The van der Waals surface area contributed by atoms with Crippen LogP contribution in [0.2, 0.25) is 0 Å². The topological polar surface area (TPSA) is 0 Å². The van der Waals surface area contributed by atoms with E-state index < -0.39 is 0 Å². The Kier molecular flexibility index (Phi) is 3.00. The van der Waals surface area contributed by atoms with Crippen molar-refractivity contribution in [3.05, 3.63) is 70.9 Å². The number of thiophene rings is 2. The number of hydrogen-bond donors (Lipinski definition) is 0. The maximum atomic E-state index is 2.34. The van der Waals surface area contributed by atoms with E-state index >= 15 is 0 Å². The van der Waals surface area contributed by atoms with Gasteiger partial charge in [-0.1, -0.05) is 55.5 Å². The van der Waals surface area contributed by atoms with E-state index in [4.69, 9.17) is 0 Å². The van der Waals surface area contributed by atoms with Gasteiger partial charge in [-0.05, 0) is 56.3 Å². The normalized spacial score (nSPS) is 12.2. The monoisotopic (exact) mass is 368 g/mol. The SMILES string of the molecule is CCc1cc2ccc3c4ccc5c(ccc6ccsc65)c4ccc3c2s1. The van der Waals surface area contributed by atoms with Crippen LogP contribution in [0.25, 0.3) is 52.5 Å². The van der Waals surface area contributed by atoms with Crippen LogP contribution in [0.15, 0.2) is 66.0 Å². The molecule has 0 atom stereocenters. The summed E-state index contributed by atoms with van der Waals surface area (Å²) in [5.41, 5.74) is 0. The molecular weight excluding hydrogens is 352 g/mol. The third-order valence-electron chi connectivity index (χ3n) is 5.49. The first-order valence-electron chi connectivity index (χ1n) is 9.00. The number of fused-ring (bicyclic) bond motifs is 9. The van der Waals surface area contributed by atoms with Crippen LogP contribution in [0.1, 0.15) is 11.8 Å². The quantitative estimate of drug-likeness (QED) is 0.257. The molecule has 0 bridgehead atoms. The predicted molar refractivity (Wildman–Crippen MR) is 119 cm³/mol. The van der Waals surface area contributed by atoms with Crippen LogP contribution in [0.3, 0.4) is 0 Å². The van der Waals surface area contributed by atoms with E-state index in [9.17, 15) is 0 Å². The van der Waals surface area contributed by atoms with Gasteiger partial charge in [-0.15, -0.1) is 22.7 Å². The Balaban J connectivity index is 1.79. The van der Waals surface area contributed by atoms with Crippen molar-refractivity contribution in [2.75, 3.05) is 0 Å². The second kappa shape index (κ2) is 5.29. The van der Waals surface area contributed by atoms with Crippen molar-refractivity contribution in [3.8, 4) is 0 Å². The third-order valence-corrected chi connectivity index (χ3v) is 7.78. The second-order valence-electron chi connectivity index (χ2n) is 6.87. The van der Waals surface area contributed by atoms with Crippen molar-refractivity contribution in [1.29, 1.82) is 0 Å². The van der Waals surface area contributed by atoms with E-state index in [1.54, 1.807) is 0 Å². The van der Waals surface area contributed by atoms with Crippen molar-refractivity contribution >= 4 is 75.2 Å². The molecule has 4 aromatic carbocycles. The first-order valence-corrected chi connectivity index (χ1v) is 10.7. The van der Waals surface area contributed by atoms with Crippen LogP contribution in [-0.4, -0.2) is 0 Å². The second-order valence-corrected chi connectivity index (χ2v) is 8.92. The molecule has 6 rings (SSSR count). The number of rotatable bonds is 1. The molecular formula is C24H16S2. The molecule has 2 aromatic heterocycles. The number of aryl methyl sites for hydroxylation is 1. The summed E-state index contributed by atoms with van der Waals surface area (Å²) in [7, 11) is 0. The van der Waals surface area contributed by atoms with E-state index in [1.807, 2.05) is 22.7 Å². The van der Waals surface area contributed by atoms with Crippen LogP contribution in [-0.2, 0) is 6.42 Å². The predicted octanol–water partition coefficient (Wildman–Crippen LogP) is 8.14. The molecule has 2 heterocycles. The summed E-state index contributed by atoms with van der Waals surface area (Å²) in [5.74, 6) is 0. The Morgan fingerprint density at radius 3 is 1.92 bits per heavy atom. The maximum absolute atomic E-state index is 2.34. The third kappa shape index (κ3) is 1.89. The molecule has 0 radical (unpaired) electrons. The summed E-state index contributed by atoms with van der Waals surface area (Å²) in [6, 6.07) is 23.0. The Morgan fingerprint density at radius 1 is 0.615 bits per heavy atom. The van der Waals surface area contributed by atoms with Crippen LogP contribution >= 0.6 is 22.7 Å². The molecule has 26 heavy (non-hydrogen) atoms. The molecule has 0 unspecified atom stereocenters. The van der Waals surface area contributed by atoms with E-state index in [-0.39, 0.29) is 0 Å². The fourth-order valence-corrected chi connectivity index (χ4v) is 6.24. The molecule has 0 aliphatic rings. The fourth-order valence-electron chi connectivity index (χ4n) is 4.19. The van der Waals surface area contributed by atoms with Crippen molar-refractivity contribution in [3.63, 3.8) is 0 Å². The maximum Gasteiger partial charge on any atom is 0.0424 e. The summed E-state index contributed by atoms with van der Waals surface area (Å²) in [6.45, 7) is 2.24. The summed E-state index contributed by atoms with van der Waals surface area (Å²) in [6.07, 6.45) is 1.11. The minimum atomic E-state index is 1.11. The van der Waals surface area contributed by atoms with Crippen LogP contribution in [0.5, 0.6) is 0 Å². The Bertz CT molecular complexity index is 1460. The number of benzene rings is 4. The zero-order valence-corrected chi connectivity index (χ0v) is 16.0. The lowest BCUT2D eigenvalue weighted by atomic mass is 9.96. The molecule has 124 valence electrons. The van der Waals surface area contributed by atoms with Gasteiger partial charge in [0.2, 0.25) is 0 Å². The smallest absolute Gasteiger partial charge is 0.0424 e. The average molecular weight is 369 g/mol. The van der Waals surface area contributed by atoms with E-state index in [0.717, 1.165) is 6.42 Å². The van der Waals surface area contributed by atoms with Gasteiger partial charge in [-0.2, -0.15) is 0 Å². The molecule has 0 aliphatic carbocycles. The molecule has 0 nitrogen and oxygen atoms in total. The van der Waals surface area contributed by atoms with Crippen molar-refractivity contribution in [2.24, 2.45) is 0 Å². The minimum absolute atomic E-state index is 1.11. The van der Waals surface area contributed by atoms with Gasteiger partial charge in [0.05, 0.1) is 0 Å². The molecule has 0 spiro atoms. The standard InChI is InChI=1S/C24H16S2/c1-2-16-13-15-4-6-20-18-7-9-21-19(5-3-14-11-12-25-23(14)21)17(18)8-10-22(20)24(15)26-16/h3-13H,2H2,1H3. The summed E-state index contributed by atoms with van der Waals surface area (Å²) in [5, 5.41) is 13.1. The van der Waals surface area contributed by atoms with Gasteiger partial charge in [0.15, 0.2) is 0 Å². The highest BCUT2D eigenvalue weighted by Gasteiger charge is 2.11. The zero-order chi connectivity index (χ0) is 17.3. The molecule has 2 heteroatoms. The molecule has 0 amide bonds. The highest BCUT2D eigenvalue weighted by molar-refractivity contribution is 7.20. The van der Waals surface area contributed by atoms with Gasteiger partial charge in [0.25, 0.3) is 0 Å². The van der Waals surface area contributed by atoms with Crippen LogP contribution < -0.4 is 0 Å².